The van der Waals surface area contributed by atoms with Crippen LogP contribution in [-0.4, -0.2) is 38.3 Å². The van der Waals surface area contributed by atoms with Crippen molar-refractivity contribution in [1.29, 1.82) is 0 Å². The Hall–Kier alpha value is -3.75. The highest BCUT2D eigenvalue weighted by molar-refractivity contribution is 5.87. The van der Waals surface area contributed by atoms with Crippen molar-refractivity contribution in [2.24, 2.45) is 0 Å². The fraction of sp³-hybridized carbons (Fsp3) is 0.286. The van der Waals surface area contributed by atoms with Gasteiger partial charge in [0.05, 0.1) is 0 Å². The first-order valence-electron chi connectivity index (χ1n) is 8.61. The number of benzene rings is 1. The molecule has 0 aliphatic carbocycles. The summed E-state index contributed by atoms with van der Waals surface area (Å²) in [6.07, 6.45) is 0. The van der Waals surface area contributed by atoms with Crippen molar-refractivity contribution in [2.45, 2.75) is 20.8 Å². The number of hydrogen-bond donors (Lipinski definition) is 0. The van der Waals surface area contributed by atoms with E-state index in [9.17, 15) is 14.4 Å². The molecule has 0 atom stereocenters. The molecule has 0 amide bonds. The van der Waals surface area contributed by atoms with E-state index in [2.05, 4.69) is 19.7 Å². The lowest BCUT2D eigenvalue weighted by Crippen LogP contribution is -2.13. The maximum Gasteiger partial charge on any atom is 0.335 e. The molecule has 0 aromatic heterocycles. The molecule has 1 rings (SSSR count). The predicted octanol–water partition coefficient (Wildman–Crippen LogP) is 3.05. The third kappa shape index (κ3) is 8.96. The minimum absolute atomic E-state index is 0.217. The molecule has 1 aromatic rings. The molecule has 0 N–H and O–H groups in total. The number of ether oxygens (including phenoxy) is 6. The second-order valence-electron chi connectivity index (χ2n) is 6.06. The van der Waals surface area contributed by atoms with Crippen LogP contribution in [0.5, 0.6) is 17.2 Å². The average Bonchev–Trinajstić information content (AvgIpc) is 2.67. The summed E-state index contributed by atoms with van der Waals surface area (Å²) < 4.78 is 30.6. The topological polar surface area (TPSA) is 107 Å². The summed E-state index contributed by atoms with van der Waals surface area (Å²) in [4.78, 5) is 34.3. The molecule has 0 bridgehead atoms. The first-order chi connectivity index (χ1) is 14.1. The fourth-order valence-electron chi connectivity index (χ4n) is 1.62. The standard InChI is InChI=1S/C21H24O9/c1-13(2)19(22)28-10-25-16-7-17(26-11-29-20(23)14(3)4)9-18(8-16)27-12-30-21(24)15(5)6/h7-9H,1,3,5,10-12H2,2,4,6H3. The molecule has 9 nitrogen and oxygen atoms in total. The highest BCUT2D eigenvalue weighted by Gasteiger charge is 2.10. The molecular weight excluding hydrogens is 396 g/mol. The lowest BCUT2D eigenvalue weighted by atomic mass is 10.3. The van der Waals surface area contributed by atoms with Gasteiger partial charge in [-0.2, -0.15) is 0 Å². The minimum atomic E-state index is -0.614. The van der Waals surface area contributed by atoms with Crippen LogP contribution in [0.1, 0.15) is 20.8 Å². The van der Waals surface area contributed by atoms with Crippen molar-refractivity contribution in [1.82, 2.24) is 0 Å². The Morgan fingerprint density at radius 1 is 0.600 bits per heavy atom. The SMILES string of the molecule is C=C(C)C(=O)OCOc1cc(OCOC(=O)C(=C)C)cc(OCOC(=O)C(=C)C)c1. The van der Waals surface area contributed by atoms with Gasteiger partial charge in [0.2, 0.25) is 20.4 Å². The summed E-state index contributed by atoms with van der Waals surface area (Å²) in [6, 6.07) is 4.36. The Balaban J connectivity index is 2.80. The van der Waals surface area contributed by atoms with E-state index in [0.29, 0.717) is 0 Å². The third-order valence-electron chi connectivity index (χ3n) is 3.15. The fourth-order valence-corrected chi connectivity index (χ4v) is 1.62. The summed E-state index contributed by atoms with van der Waals surface area (Å²) >= 11 is 0. The van der Waals surface area contributed by atoms with Crippen LogP contribution in [-0.2, 0) is 28.6 Å². The van der Waals surface area contributed by atoms with Gasteiger partial charge in [-0.15, -0.1) is 0 Å². The smallest absolute Gasteiger partial charge is 0.335 e. The second kappa shape index (κ2) is 11.9. The number of carbonyl (C=O) groups excluding carboxylic acids is 3. The molecule has 0 radical (unpaired) electrons. The molecule has 0 spiro atoms. The maximum atomic E-state index is 11.4. The first kappa shape index (κ1) is 24.3. The van der Waals surface area contributed by atoms with E-state index in [4.69, 9.17) is 28.4 Å². The van der Waals surface area contributed by atoms with Gasteiger partial charge < -0.3 is 28.4 Å². The number of esters is 3. The van der Waals surface area contributed by atoms with E-state index in [0.717, 1.165) is 0 Å². The molecule has 1 aromatic carbocycles. The quantitative estimate of drug-likeness (QED) is 0.218. The summed E-state index contributed by atoms with van der Waals surface area (Å²) in [5.41, 5.74) is 0.662. The van der Waals surface area contributed by atoms with Gasteiger partial charge in [-0.25, -0.2) is 14.4 Å². The summed E-state index contributed by atoms with van der Waals surface area (Å²) in [7, 11) is 0. The second-order valence-corrected chi connectivity index (χ2v) is 6.06. The zero-order chi connectivity index (χ0) is 22.7. The Kier molecular flexibility index (Phi) is 9.67. The Morgan fingerprint density at radius 2 is 0.833 bits per heavy atom. The molecule has 0 aliphatic rings. The zero-order valence-corrected chi connectivity index (χ0v) is 17.1. The molecule has 0 fully saturated rings. The predicted molar refractivity (Wildman–Crippen MR) is 106 cm³/mol. The normalized spacial score (nSPS) is 9.70. The molecule has 30 heavy (non-hydrogen) atoms. The van der Waals surface area contributed by atoms with Gasteiger partial charge in [0, 0.05) is 34.9 Å². The van der Waals surface area contributed by atoms with Crippen LogP contribution in [0.15, 0.2) is 54.7 Å². The van der Waals surface area contributed by atoms with E-state index in [-0.39, 0.29) is 54.3 Å². The highest BCUT2D eigenvalue weighted by atomic mass is 16.7. The van der Waals surface area contributed by atoms with Gasteiger partial charge in [-0.1, -0.05) is 19.7 Å². The Morgan fingerprint density at radius 3 is 1.03 bits per heavy atom. The molecule has 0 heterocycles. The third-order valence-corrected chi connectivity index (χ3v) is 3.15. The van der Waals surface area contributed by atoms with Gasteiger partial charge in [0.25, 0.3) is 0 Å². The van der Waals surface area contributed by atoms with Gasteiger partial charge >= 0.3 is 17.9 Å². The highest BCUT2D eigenvalue weighted by Crippen LogP contribution is 2.28. The van der Waals surface area contributed by atoms with Crippen LogP contribution >= 0.6 is 0 Å². The molecule has 9 heteroatoms. The molecule has 0 saturated carbocycles. The largest absolute Gasteiger partial charge is 0.457 e. The van der Waals surface area contributed by atoms with Crippen LogP contribution in [0.2, 0.25) is 0 Å². The van der Waals surface area contributed by atoms with Gasteiger partial charge in [0.15, 0.2) is 0 Å². The van der Waals surface area contributed by atoms with E-state index in [1.165, 1.54) is 39.0 Å². The van der Waals surface area contributed by atoms with Crippen molar-refractivity contribution < 1.29 is 42.8 Å². The first-order valence-corrected chi connectivity index (χ1v) is 8.61. The van der Waals surface area contributed by atoms with Crippen molar-refractivity contribution in [3.63, 3.8) is 0 Å². The molecule has 0 saturated heterocycles. The van der Waals surface area contributed by atoms with Crippen LogP contribution < -0.4 is 14.2 Å². The summed E-state index contributed by atoms with van der Waals surface area (Å²) in [6.45, 7) is 13.7. The van der Waals surface area contributed by atoms with Crippen LogP contribution in [0.25, 0.3) is 0 Å². The summed E-state index contributed by atoms with van der Waals surface area (Å²) in [5.74, 6) is -1.19. The molecule has 0 aliphatic heterocycles. The van der Waals surface area contributed by atoms with Crippen molar-refractivity contribution >= 4 is 17.9 Å². The van der Waals surface area contributed by atoms with Crippen molar-refractivity contribution in [3.05, 3.63) is 54.7 Å². The van der Waals surface area contributed by atoms with Gasteiger partial charge in [0.1, 0.15) is 17.2 Å². The average molecular weight is 420 g/mol. The maximum absolute atomic E-state index is 11.4. The zero-order valence-electron chi connectivity index (χ0n) is 17.1. The lowest BCUT2D eigenvalue weighted by Gasteiger charge is -2.13. The van der Waals surface area contributed by atoms with Gasteiger partial charge in [-0.05, 0) is 20.8 Å². The number of hydrogen-bond acceptors (Lipinski definition) is 9. The van der Waals surface area contributed by atoms with E-state index in [1.54, 1.807) is 0 Å². The Bertz CT molecular complexity index is 717. The number of rotatable bonds is 12. The monoisotopic (exact) mass is 420 g/mol. The molecular formula is C21H24O9. The van der Waals surface area contributed by atoms with Crippen LogP contribution in [0.4, 0.5) is 0 Å². The van der Waals surface area contributed by atoms with E-state index in [1.807, 2.05) is 0 Å². The minimum Gasteiger partial charge on any atom is -0.457 e. The van der Waals surface area contributed by atoms with E-state index >= 15 is 0 Å². The Labute approximate surface area is 174 Å². The molecule has 162 valence electrons. The molecule has 0 unspecified atom stereocenters. The summed E-state index contributed by atoms with van der Waals surface area (Å²) in [5, 5.41) is 0. The van der Waals surface area contributed by atoms with Crippen LogP contribution in [0, 0.1) is 0 Å². The van der Waals surface area contributed by atoms with Gasteiger partial charge in [-0.3, -0.25) is 0 Å². The van der Waals surface area contributed by atoms with E-state index < -0.39 is 17.9 Å². The van der Waals surface area contributed by atoms with Crippen molar-refractivity contribution in [2.75, 3.05) is 20.4 Å². The lowest BCUT2D eigenvalue weighted by molar-refractivity contribution is -0.146. The van der Waals surface area contributed by atoms with Crippen LogP contribution in [0.3, 0.4) is 0 Å². The van der Waals surface area contributed by atoms with Crippen molar-refractivity contribution in [3.8, 4) is 17.2 Å². The number of carbonyl (C=O) groups is 3.